The van der Waals surface area contributed by atoms with Crippen LogP contribution in [-0.4, -0.2) is 6.54 Å². The number of hydrogen-bond donors (Lipinski definition) is 1. The fourth-order valence-electron chi connectivity index (χ4n) is 2.35. The monoisotopic (exact) mass is 349 g/mol. The van der Waals surface area contributed by atoms with Gasteiger partial charge in [0, 0.05) is 10.5 Å². The molecule has 112 valence electrons. The van der Waals surface area contributed by atoms with Crippen LogP contribution in [0, 0.1) is 12.7 Å². The lowest BCUT2D eigenvalue weighted by molar-refractivity contribution is 0.527. The van der Waals surface area contributed by atoms with Crippen LogP contribution in [0.3, 0.4) is 0 Å². The smallest absolute Gasteiger partial charge is 0.123 e. The summed E-state index contributed by atoms with van der Waals surface area (Å²) in [4.78, 5) is 0. The summed E-state index contributed by atoms with van der Waals surface area (Å²) in [5, 5.41) is 3.56. The van der Waals surface area contributed by atoms with Gasteiger partial charge in [-0.05, 0) is 61.2 Å². The molecule has 0 amide bonds. The molecule has 2 aromatic carbocycles. The number of hydrogen-bond acceptors (Lipinski definition) is 1. The lowest BCUT2D eigenvalue weighted by Crippen LogP contribution is -2.24. The first-order valence-electron chi connectivity index (χ1n) is 7.34. The third kappa shape index (κ3) is 4.65. The summed E-state index contributed by atoms with van der Waals surface area (Å²) in [5.74, 6) is -0.174. The van der Waals surface area contributed by atoms with Crippen molar-refractivity contribution in [2.45, 2.75) is 32.7 Å². The molecule has 1 nitrogen and oxygen atoms in total. The first-order chi connectivity index (χ1) is 10.1. The van der Waals surface area contributed by atoms with Gasteiger partial charge in [0.25, 0.3) is 0 Å². The molecule has 0 heterocycles. The van der Waals surface area contributed by atoms with Crippen molar-refractivity contribution in [1.82, 2.24) is 5.32 Å². The normalized spacial score (nSPS) is 12.4. The molecule has 2 aromatic rings. The zero-order chi connectivity index (χ0) is 15.2. The van der Waals surface area contributed by atoms with Gasteiger partial charge in [0.2, 0.25) is 0 Å². The van der Waals surface area contributed by atoms with Crippen molar-refractivity contribution >= 4 is 15.9 Å². The third-order valence-electron chi connectivity index (χ3n) is 3.57. The Morgan fingerprint density at radius 3 is 2.67 bits per heavy atom. The first-order valence-corrected chi connectivity index (χ1v) is 8.13. The summed E-state index contributed by atoms with van der Waals surface area (Å²) < 4.78 is 14.5. The van der Waals surface area contributed by atoms with E-state index in [1.165, 1.54) is 17.2 Å². The maximum Gasteiger partial charge on any atom is 0.123 e. The number of rotatable bonds is 6. The van der Waals surface area contributed by atoms with Crippen LogP contribution in [0.1, 0.15) is 36.1 Å². The molecule has 0 aromatic heterocycles. The molecule has 0 fully saturated rings. The molecular weight excluding hydrogens is 329 g/mol. The Morgan fingerprint density at radius 2 is 2.00 bits per heavy atom. The molecule has 0 spiro atoms. The maximum atomic E-state index is 13.4. The van der Waals surface area contributed by atoms with E-state index in [1.54, 1.807) is 12.1 Å². The van der Waals surface area contributed by atoms with Crippen molar-refractivity contribution in [3.63, 3.8) is 0 Å². The van der Waals surface area contributed by atoms with Gasteiger partial charge in [-0.2, -0.15) is 0 Å². The summed E-state index contributed by atoms with van der Waals surface area (Å²) in [5.41, 5.74) is 3.46. The highest BCUT2D eigenvalue weighted by molar-refractivity contribution is 9.10. The summed E-state index contributed by atoms with van der Waals surface area (Å²) in [6.45, 7) is 5.18. The van der Waals surface area contributed by atoms with Gasteiger partial charge >= 0.3 is 0 Å². The third-order valence-corrected chi connectivity index (χ3v) is 4.42. The predicted octanol–water partition coefficient (Wildman–Crippen LogP) is 5.18. The lowest BCUT2D eigenvalue weighted by atomic mass is 9.98. The molecule has 3 heteroatoms. The fraction of sp³-hybridized carbons (Fsp3) is 0.333. The Balaban J connectivity index is 2.22. The van der Waals surface area contributed by atoms with E-state index in [9.17, 15) is 4.39 Å². The minimum Gasteiger partial charge on any atom is -0.310 e. The summed E-state index contributed by atoms with van der Waals surface area (Å²) in [7, 11) is 0. The second-order valence-electron chi connectivity index (χ2n) is 5.35. The van der Waals surface area contributed by atoms with Gasteiger partial charge < -0.3 is 5.32 Å². The Kier molecular flexibility index (Phi) is 5.95. The van der Waals surface area contributed by atoms with E-state index >= 15 is 0 Å². The average molecular weight is 350 g/mol. The van der Waals surface area contributed by atoms with Gasteiger partial charge in [-0.1, -0.05) is 47.1 Å². The molecule has 0 bridgehead atoms. The lowest BCUT2D eigenvalue weighted by Gasteiger charge is -2.20. The average Bonchev–Trinajstić information content (AvgIpc) is 2.46. The van der Waals surface area contributed by atoms with E-state index < -0.39 is 0 Å². The van der Waals surface area contributed by atoms with E-state index in [0.29, 0.717) is 0 Å². The molecule has 0 saturated heterocycles. The topological polar surface area (TPSA) is 12.0 Å². The van der Waals surface area contributed by atoms with Crippen molar-refractivity contribution in [2.75, 3.05) is 6.54 Å². The van der Waals surface area contributed by atoms with Crippen LogP contribution >= 0.6 is 15.9 Å². The van der Waals surface area contributed by atoms with Crippen LogP contribution in [0.2, 0.25) is 0 Å². The number of benzene rings is 2. The Morgan fingerprint density at radius 1 is 1.19 bits per heavy atom. The first kappa shape index (κ1) is 16.2. The van der Waals surface area contributed by atoms with E-state index in [2.05, 4.69) is 53.3 Å². The Hall–Kier alpha value is -1.19. The van der Waals surface area contributed by atoms with Crippen LogP contribution in [0.25, 0.3) is 0 Å². The Labute approximate surface area is 134 Å². The van der Waals surface area contributed by atoms with Gasteiger partial charge in [-0.15, -0.1) is 0 Å². The van der Waals surface area contributed by atoms with Crippen molar-refractivity contribution in [1.29, 1.82) is 0 Å². The van der Waals surface area contributed by atoms with Crippen LogP contribution in [0.5, 0.6) is 0 Å². The zero-order valence-corrected chi connectivity index (χ0v) is 14.1. The Bertz CT molecular complexity index is 598. The van der Waals surface area contributed by atoms with Gasteiger partial charge in [-0.25, -0.2) is 4.39 Å². The molecular formula is C18H21BrFN. The molecule has 2 rings (SSSR count). The van der Waals surface area contributed by atoms with Crippen molar-refractivity contribution in [2.24, 2.45) is 0 Å². The molecule has 1 atom stereocenters. The summed E-state index contributed by atoms with van der Waals surface area (Å²) in [6.07, 6.45) is 1.86. The molecule has 0 aliphatic carbocycles. The molecule has 0 saturated carbocycles. The number of nitrogens with one attached hydrogen (secondary N) is 1. The second kappa shape index (κ2) is 7.71. The van der Waals surface area contributed by atoms with Gasteiger partial charge in [0.05, 0.1) is 0 Å². The summed E-state index contributed by atoms with van der Waals surface area (Å²) in [6, 6.07) is 13.5. The quantitative estimate of drug-likeness (QED) is 0.757. The van der Waals surface area contributed by atoms with Gasteiger partial charge in [0.15, 0.2) is 0 Å². The molecule has 1 unspecified atom stereocenters. The van der Waals surface area contributed by atoms with Crippen molar-refractivity contribution in [3.8, 4) is 0 Å². The standard InChI is InChI=1S/C18H21BrFN/c1-3-9-21-18(11-14-5-4-6-16(20)10-14)15-8-7-13(2)17(19)12-15/h4-8,10,12,18,21H,3,9,11H2,1-2H3. The molecule has 0 aliphatic rings. The molecule has 21 heavy (non-hydrogen) atoms. The summed E-state index contributed by atoms with van der Waals surface area (Å²) >= 11 is 3.59. The highest BCUT2D eigenvalue weighted by atomic mass is 79.9. The zero-order valence-electron chi connectivity index (χ0n) is 12.5. The molecule has 1 N–H and O–H groups in total. The van der Waals surface area contributed by atoms with Crippen LogP contribution in [0.4, 0.5) is 4.39 Å². The highest BCUT2D eigenvalue weighted by Gasteiger charge is 2.13. The minimum atomic E-state index is -0.174. The highest BCUT2D eigenvalue weighted by Crippen LogP contribution is 2.24. The van der Waals surface area contributed by atoms with Crippen molar-refractivity contribution < 1.29 is 4.39 Å². The largest absolute Gasteiger partial charge is 0.310 e. The number of halogens is 2. The van der Waals surface area contributed by atoms with E-state index in [-0.39, 0.29) is 11.9 Å². The predicted molar refractivity (Wildman–Crippen MR) is 90.0 cm³/mol. The molecule has 0 radical (unpaired) electrons. The van der Waals surface area contributed by atoms with Crippen molar-refractivity contribution in [3.05, 3.63) is 69.4 Å². The second-order valence-corrected chi connectivity index (χ2v) is 6.20. The number of aryl methyl sites for hydroxylation is 1. The van der Waals surface area contributed by atoms with E-state index in [0.717, 1.165) is 29.4 Å². The fourth-order valence-corrected chi connectivity index (χ4v) is 2.75. The van der Waals surface area contributed by atoms with Gasteiger partial charge in [0.1, 0.15) is 5.82 Å². The SMILES string of the molecule is CCCNC(Cc1cccc(F)c1)c1ccc(C)c(Br)c1. The van der Waals surface area contributed by atoms with Crippen LogP contribution < -0.4 is 5.32 Å². The van der Waals surface area contributed by atoms with Crippen LogP contribution in [0.15, 0.2) is 46.9 Å². The van der Waals surface area contributed by atoms with Gasteiger partial charge in [-0.3, -0.25) is 0 Å². The molecule has 0 aliphatic heterocycles. The van der Waals surface area contributed by atoms with Crippen LogP contribution in [-0.2, 0) is 6.42 Å². The minimum absolute atomic E-state index is 0.174. The van der Waals surface area contributed by atoms with E-state index in [1.807, 2.05) is 6.07 Å². The maximum absolute atomic E-state index is 13.4. The van der Waals surface area contributed by atoms with E-state index in [4.69, 9.17) is 0 Å².